The highest BCUT2D eigenvalue weighted by Gasteiger charge is 1.99. The van der Waals surface area contributed by atoms with Gasteiger partial charge in [-0.25, -0.2) is 0 Å². The fourth-order valence-corrected chi connectivity index (χ4v) is 1.06. The molecule has 0 radical (unpaired) electrons. The third-order valence-electron chi connectivity index (χ3n) is 1.88. The summed E-state index contributed by atoms with van der Waals surface area (Å²) in [6.07, 6.45) is 4.69. The fourth-order valence-electron chi connectivity index (χ4n) is 1.06. The zero-order chi connectivity index (χ0) is 8.81. The van der Waals surface area contributed by atoms with E-state index in [1.807, 2.05) is 18.5 Å². The molecule has 0 saturated heterocycles. The number of nitrogens with one attached hydrogen (secondary N) is 2. The Morgan fingerprint density at radius 1 is 1.67 bits per heavy atom. The van der Waals surface area contributed by atoms with Crippen LogP contribution in [0.15, 0.2) is 18.5 Å². The number of H-pyrrole nitrogens is 1. The number of aliphatic hydroxyl groups excluding tert-OH is 1. The van der Waals surface area contributed by atoms with E-state index in [1.165, 1.54) is 5.56 Å². The van der Waals surface area contributed by atoms with Crippen LogP contribution in [0.1, 0.15) is 18.9 Å². The summed E-state index contributed by atoms with van der Waals surface area (Å²) >= 11 is 0. The van der Waals surface area contributed by atoms with E-state index in [4.69, 9.17) is 5.11 Å². The number of hydrogen-bond donors (Lipinski definition) is 3. The van der Waals surface area contributed by atoms with Crippen molar-refractivity contribution in [2.45, 2.75) is 25.9 Å². The summed E-state index contributed by atoms with van der Waals surface area (Å²) in [5.74, 6) is 0. The zero-order valence-corrected chi connectivity index (χ0v) is 7.38. The summed E-state index contributed by atoms with van der Waals surface area (Å²) in [5.41, 5.74) is 1.25. The molecule has 0 aliphatic rings. The highest BCUT2D eigenvalue weighted by molar-refractivity contribution is 5.07. The molecule has 1 rings (SSSR count). The smallest absolute Gasteiger partial charge is 0.0445 e. The lowest BCUT2D eigenvalue weighted by Crippen LogP contribution is -2.26. The van der Waals surface area contributed by atoms with Crippen molar-refractivity contribution in [1.29, 1.82) is 0 Å². The molecule has 1 aromatic rings. The van der Waals surface area contributed by atoms with Crippen molar-refractivity contribution in [3.05, 3.63) is 24.0 Å². The van der Waals surface area contributed by atoms with E-state index in [9.17, 15) is 0 Å². The molecule has 12 heavy (non-hydrogen) atoms. The number of aliphatic hydroxyl groups is 1. The molecular formula is C9H16N2O. The van der Waals surface area contributed by atoms with Gasteiger partial charge >= 0.3 is 0 Å². The van der Waals surface area contributed by atoms with Crippen LogP contribution in [-0.2, 0) is 6.54 Å². The number of rotatable bonds is 5. The maximum atomic E-state index is 8.65. The lowest BCUT2D eigenvalue weighted by molar-refractivity contribution is 0.268. The van der Waals surface area contributed by atoms with Crippen LogP contribution in [0.4, 0.5) is 0 Å². The third kappa shape index (κ3) is 3.07. The van der Waals surface area contributed by atoms with Gasteiger partial charge in [0.25, 0.3) is 0 Å². The molecule has 0 amide bonds. The minimum atomic E-state index is 0.251. The van der Waals surface area contributed by atoms with E-state index in [-0.39, 0.29) is 6.61 Å². The average Bonchev–Trinajstić information content (AvgIpc) is 2.53. The second kappa shape index (κ2) is 4.95. The SMILES string of the molecule is CC(CCO)NCc1cc[nH]c1. The Bertz CT molecular complexity index is 196. The van der Waals surface area contributed by atoms with Crippen molar-refractivity contribution in [3.63, 3.8) is 0 Å². The summed E-state index contributed by atoms with van der Waals surface area (Å²) in [6.45, 7) is 3.19. The van der Waals surface area contributed by atoms with Crippen molar-refractivity contribution >= 4 is 0 Å². The maximum Gasteiger partial charge on any atom is 0.0445 e. The lowest BCUT2D eigenvalue weighted by atomic mass is 10.2. The Balaban J connectivity index is 2.17. The molecule has 3 N–H and O–H groups in total. The standard InChI is InChI=1S/C9H16N2O/c1-8(3-5-12)11-7-9-2-4-10-6-9/h2,4,6,8,10-12H,3,5,7H2,1H3. The topological polar surface area (TPSA) is 48.0 Å². The molecular weight excluding hydrogens is 152 g/mol. The van der Waals surface area contributed by atoms with Crippen molar-refractivity contribution < 1.29 is 5.11 Å². The molecule has 0 aromatic carbocycles. The predicted molar refractivity (Wildman–Crippen MR) is 48.8 cm³/mol. The van der Waals surface area contributed by atoms with Crippen molar-refractivity contribution in [1.82, 2.24) is 10.3 Å². The van der Waals surface area contributed by atoms with Crippen LogP contribution in [0.25, 0.3) is 0 Å². The Hall–Kier alpha value is -0.800. The summed E-state index contributed by atoms with van der Waals surface area (Å²) in [5, 5.41) is 12.0. The highest BCUT2D eigenvalue weighted by atomic mass is 16.3. The van der Waals surface area contributed by atoms with Gasteiger partial charge in [0.1, 0.15) is 0 Å². The first kappa shape index (κ1) is 9.29. The average molecular weight is 168 g/mol. The molecule has 1 heterocycles. The Morgan fingerprint density at radius 3 is 3.08 bits per heavy atom. The Morgan fingerprint density at radius 2 is 2.50 bits per heavy atom. The third-order valence-corrected chi connectivity index (χ3v) is 1.88. The first-order valence-corrected chi connectivity index (χ1v) is 4.29. The minimum absolute atomic E-state index is 0.251. The molecule has 1 atom stereocenters. The first-order valence-electron chi connectivity index (χ1n) is 4.29. The quantitative estimate of drug-likeness (QED) is 0.611. The van der Waals surface area contributed by atoms with Gasteiger partial charge in [-0.2, -0.15) is 0 Å². The van der Waals surface area contributed by atoms with E-state index in [2.05, 4.69) is 17.2 Å². The van der Waals surface area contributed by atoms with Crippen LogP contribution >= 0.6 is 0 Å². The zero-order valence-electron chi connectivity index (χ0n) is 7.38. The first-order chi connectivity index (χ1) is 5.83. The molecule has 68 valence electrons. The molecule has 0 aliphatic carbocycles. The van der Waals surface area contributed by atoms with Crippen LogP contribution in [0.3, 0.4) is 0 Å². The Labute approximate surface area is 72.8 Å². The predicted octanol–water partition coefficient (Wildman–Crippen LogP) is 0.875. The largest absolute Gasteiger partial charge is 0.396 e. The monoisotopic (exact) mass is 168 g/mol. The highest BCUT2D eigenvalue weighted by Crippen LogP contribution is 1.97. The molecule has 0 fully saturated rings. The number of aromatic amines is 1. The van der Waals surface area contributed by atoms with E-state index in [0.29, 0.717) is 6.04 Å². The van der Waals surface area contributed by atoms with Gasteiger partial charge in [0.15, 0.2) is 0 Å². The van der Waals surface area contributed by atoms with Gasteiger partial charge in [0.2, 0.25) is 0 Å². The second-order valence-corrected chi connectivity index (χ2v) is 3.01. The van der Waals surface area contributed by atoms with Gasteiger partial charge in [0, 0.05) is 31.6 Å². The summed E-state index contributed by atoms with van der Waals surface area (Å²) < 4.78 is 0. The number of aromatic nitrogens is 1. The fraction of sp³-hybridized carbons (Fsp3) is 0.556. The maximum absolute atomic E-state index is 8.65. The van der Waals surface area contributed by atoms with Crippen molar-refractivity contribution in [2.75, 3.05) is 6.61 Å². The van der Waals surface area contributed by atoms with Crippen molar-refractivity contribution in [2.24, 2.45) is 0 Å². The van der Waals surface area contributed by atoms with Gasteiger partial charge in [-0.15, -0.1) is 0 Å². The van der Waals surface area contributed by atoms with Gasteiger partial charge in [-0.05, 0) is 25.0 Å². The lowest BCUT2D eigenvalue weighted by Gasteiger charge is -2.10. The molecule has 0 saturated carbocycles. The van der Waals surface area contributed by atoms with E-state index < -0.39 is 0 Å². The molecule has 3 heteroatoms. The summed E-state index contributed by atoms with van der Waals surface area (Å²) in [4.78, 5) is 3.00. The molecule has 1 unspecified atom stereocenters. The van der Waals surface area contributed by atoms with E-state index in [1.54, 1.807) is 0 Å². The van der Waals surface area contributed by atoms with Crippen molar-refractivity contribution in [3.8, 4) is 0 Å². The van der Waals surface area contributed by atoms with Gasteiger partial charge in [-0.1, -0.05) is 0 Å². The molecule has 0 bridgehead atoms. The summed E-state index contributed by atoms with van der Waals surface area (Å²) in [7, 11) is 0. The Kier molecular flexibility index (Phi) is 3.84. The van der Waals surface area contributed by atoms with Crippen LogP contribution in [0, 0.1) is 0 Å². The van der Waals surface area contributed by atoms with Gasteiger partial charge in [0.05, 0.1) is 0 Å². The van der Waals surface area contributed by atoms with Crippen LogP contribution in [-0.4, -0.2) is 22.7 Å². The minimum Gasteiger partial charge on any atom is -0.396 e. The van der Waals surface area contributed by atoms with Crippen LogP contribution in [0.2, 0.25) is 0 Å². The molecule has 1 aromatic heterocycles. The van der Waals surface area contributed by atoms with Gasteiger partial charge < -0.3 is 15.4 Å². The van der Waals surface area contributed by atoms with Crippen LogP contribution in [0.5, 0.6) is 0 Å². The molecule has 0 aliphatic heterocycles. The molecule has 0 spiro atoms. The summed E-state index contributed by atoms with van der Waals surface area (Å²) in [6, 6.07) is 2.42. The van der Waals surface area contributed by atoms with E-state index >= 15 is 0 Å². The molecule has 3 nitrogen and oxygen atoms in total. The van der Waals surface area contributed by atoms with Crippen LogP contribution < -0.4 is 5.32 Å². The van der Waals surface area contributed by atoms with Gasteiger partial charge in [-0.3, -0.25) is 0 Å². The van der Waals surface area contributed by atoms with E-state index in [0.717, 1.165) is 13.0 Å². The second-order valence-electron chi connectivity index (χ2n) is 3.01. The normalized spacial score (nSPS) is 13.2. The number of hydrogen-bond acceptors (Lipinski definition) is 2.